The summed E-state index contributed by atoms with van der Waals surface area (Å²) in [5.41, 5.74) is -1.01. The number of rotatable bonds is 5. The Morgan fingerprint density at radius 2 is 2.18 bits per heavy atom. The third-order valence-corrected chi connectivity index (χ3v) is 1.25. The van der Waals surface area contributed by atoms with Gasteiger partial charge in [-0.1, -0.05) is 0 Å². The van der Waals surface area contributed by atoms with Gasteiger partial charge in [-0.2, -0.15) is 0 Å². The first-order valence-electron chi connectivity index (χ1n) is 3.75. The summed E-state index contributed by atoms with van der Waals surface area (Å²) in [6.45, 7) is 5.57. The molecule has 0 rings (SSSR count). The first-order valence-corrected chi connectivity index (χ1v) is 3.75. The van der Waals surface area contributed by atoms with Crippen LogP contribution in [0.1, 0.15) is 27.2 Å². The number of hydrogen-bond acceptors (Lipinski definition) is 3. The minimum atomic E-state index is -1.01. The summed E-state index contributed by atoms with van der Waals surface area (Å²) in [4.78, 5) is 10.0. The van der Waals surface area contributed by atoms with Gasteiger partial charge in [-0.15, -0.1) is 0 Å². The molecular formula is C8H16O3. The van der Waals surface area contributed by atoms with Crippen molar-refractivity contribution in [2.75, 3.05) is 6.61 Å². The Hall–Kier alpha value is -0.410. The average Bonchev–Trinajstić information content (AvgIpc) is 1.84. The van der Waals surface area contributed by atoms with Crippen molar-refractivity contribution in [1.29, 1.82) is 0 Å². The molecule has 0 heterocycles. The monoisotopic (exact) mass is 160 g/mol. The lowest BCUT2D eigenvalue weighted by Gasteiger charge is -2.21. The van der Waals surface area contributed by atoms with Gasteiger partial charge in [0.25, 0.3) is 0 Å². The molecule has 0 aliphatic heterocycles. The molecule has 0 saturated carbocycles. The van der Waals surface area contributed by atoms with Gasteiger partial charge in [-0.25, -0.2) is 0 Å². The summed E-state index contributed by atoms with van der Waals surface area (Å²) >= 11 is 0. The molecule has 0 radical (unpaired) electrons. The molecule has 0 saturated heterocycles. The molecule has 3 nitrogen and oxygen atoms in total. The van der Waals surface area contributed by atoms with E-state index in [-0.39, 0.29) is 19.1 Å². The van der Waals surface area contributed by atoms with Crippen LogP contribution in [0.5, 0.6) is 0 Å². The van der Waals surface area contributed by atoms with Gasteiger partial charge >= 0.3 is 0 Å². The highest BCUT2D eigenvalue weighted by atomic mass is 16.5. The summed E-state index contributed by atoms with van der Waals surface area (Å²) in [5.74, 6) is 0. The SMILES string of the molecule is CC(C)OCC(C)(O)CC=O. The molecular weight excluding hydrogens is 144 g/mol. The summed E-state index contributed by atoms with van der Waals surface area (Å²) in [6, 6.07) is 0. The van der Waals surface area contributed by atoms with Crippen molar-refractivity contribution in [2.45, 2.75) is 38.9 Å². The fraction of sp³-hybridized carbons (Fsp3) is 0.875. The highest BCUT2D eigenvalue weighted by Gasteiger charge is 2.20. The van der Waals surface area contributed by atoms with Crippen LogP contribution in [-0.4, -0.2) is 29.7 Å². The second-order valence-corrected chi connectivity index (χ2v) is 3.23. The molecule has 0 spiro atoms. The minimum Gasteiger partial charge on any atom is -0.387 e. The molecule has 1 N–H and O–H groups in total. The predicted molar refractivity (Wildman–Crippen MR) is 42.4 cm³/mol. The van der Waals surface area contributed by atoms with Gasteiger partial charge < -0.3 is 14.6 Å². The highest BCUT2D eigenvalue weighted by Crippen LogP contribution is 2.08. The second kappa shape index (κ2) is 4.46. The van der Waals surface area contributed by atoms with Crippen LogP contribution in [0, 0.1) is 0 Å². The van der Waals surface area contributed by atoms with Crippen LogP contribution in [0.25, 0.3) is 0 Å². The molecule has 0 aromatic carbocycles. The van der Waals surface area contributed by atoms with E-state index in [1.807, 2.05) is 13.8 Å². The molecule has 0 bridgehead atoms. The van der Waals surface area contributed by atoms with E-state index in [4.69, 9.17) is 4.74 Å². The standard InChI is InChI=1S/C8H16O3/c1-7(2)11-6-8(3,10)4-5-9/h5,7,10H,4,6H2,1-3H3. The third-order valence-electron chi connectivity index (χ3n) is 1.25. The van der Waals surface area contributed by atoms with E-state index in [1.54, 1.807) is 6.92 Å². The maximum atomic E-state index is 10.0. The van der Waals surface area contributed by atoms with Crippen molar-refractivity contribution in [3.8, 4) is 0 Å². The van der Waals surface area contributed by atoms with Crippen LogP contribution in [0.3, 0.4) is 0 Å². The zero-order valence-electron chi connectivity index (χ0n) is 7.33. The van der Waals surface area contributed by atoms with Gasteiger partial charge in [-0.05, 0) is 20.8 Å². The van der Waals surface area contributed by atoms with Crippen molar-refractivity contribution in [3.63, 3.8) is 0 Å². The van der Waals surface area contributed by atoms with Crippen molar-refractivity contribution in [2.24, 2.45) is 0 Å². The number of aldehydes is 1. The minimum absolute atomic E-state index is 0.0909. The lowest BCUT2D eigenvalue weighted by atomic mass is 10.1. The maximum absolute atomic E-state index is 10.0. The Morgan fingerprint density at radius 1 is 1.64 bits per heavy atom. The number of ether oxygens (including phenoxy) is 1. The maximum Gasteiger partial charge on any atom is 0.122 e. The second-order valence-electron chi connectivity index (χ2n) is 3.23. The molecule has 66 valence electrons. The molecule has 0 amide bonds. The molecule has 0 aromatic heterocycles. The van der Waals surface area contributed by atoms with Gasteiger partial charge in [0.2, 0.25) is 0 Å². The van der Waals surface area contributed by atoms with Gasteiger partial charge in [0.15, 0.2) is 0 Å². The first-order chi connectivity index (χ1) is 4.98. The van der Waals surface area contributed by atoms with Crippen molar-refractivity contribution < 1.29 is 14.6 Å². The summed E-state index contributed by atoms with van der Waals surface area (Å²) in [7, 11) is 0. The zero-order valence-corrected chi connectivity index (χ0v) is 7.33. The predicted octanol–water partition coefficient (Wildman–Crippen LogP) is 0.751. The molecule has 11 heavy (non-hydrogen) atoms. The van der Waals surface area contributed by atoms with E-state index in [0.29, 0.717) is 6.29 Å². The number of carbonyl (C=O) groups excluding carboxylic acids is 1. The molecule has 0 fully saturated rings. The van der Waals surface area contributed by atoms with E-state index in [9.17, 15) is 9.90 Å². The Kier molecular flexibility index (Phi) is 4.30. The largest absolute Gasteiger partial charge is 0.387 e. The van der Waals surface area contributed by atoms with E-state index in [1.165, 1.54) is 0 Å². The highest BCUT2D eigenvalue weighted by molar-refractivity contribution is 5.51. The molecule has 1 atom stereocenters. The Balaban J connectivity index is 3.62. The number of aliphatic hydroxyl groups is 1. The molecule has 0 aliphatic carbocycles. The number of carbonyl (C=O) groups is 1. The van der Waals surface area contributed by atoms with E-state index >= 15 is 0 Å². The number of hydrogen-bond donors (Lipinski definition) is 1. The summed E-state index contributed by atoms with van der Waals surface area (Å²) in [5, 5.41) is 9.41. The van der Waals surface area contributed by atoms with Crippen molar-refractivity contribution in [3.05, 3.63) is 0 Å². The fourth-order valence-electron chi connectivity index (χ4n) is 0.585. The van der Waals surface area contributed by atoms with Crippen LogP contribution in [0.2, 0.25) is 0 Å². The van der Waals surface area contributed by atoms with Crippen LogP contribution in [0.15, 0.2) is 0 Å². The molecule has 0 aromatic rings. The van der Waals surface area contributed by atoms with Gasteiger partial charge in [0, 0.05) is 6.42 Å². The molecule has 1 unspecified atom stereocenters. The Labute approximate surface area is 67.4 Å². The van der Waals surface area contributed by atoms with Crippen LogP contribution in [-0.2, 0) is 9.53 Å². The van der Waals surface area contributed by atoms with Crippen LogP contribution >= 0.6 is 0 Å². The normalized spacial score (nSPS) is 16.5. The average molecular weight is 160 g/mol. The quantitative estimate of drug-likeness (QED) is 0.604. The smallest absolute Gasteiger partial charge is 0.122 e. The Morgan fingerprint density at radius 3 is 2.55 bits per heavy atom. The summed E-state index contributed by atoms with van der Waals surface area (Å²) in [6.07, 6.45) is 0.914. The summed E-state index contributed by atoms with van der Waals surface area (Å²) < 4.78 is 5.15. The van der Waals surface area contributed by atoms with Crippen LogP contribution in [0.4, 0.5) is 0 Å². The van der Waals surface area contributed by atoms with Gasteiger partial charge in [0.1, 0.15) is 6.29 Å². The van der Waals surface area contributed by atoms with E-state index in [0.717, 1.165) is 0 Å². The van der Waals surface area contributed by atoms with Gasteiger partial charge in [0.05, 0.1) is 18.3 Å². The first kappa shape index (κ1) is 10.6. The van der Waals surface area contributed by atoms with E-state index < -0.39 is 5.60 Å². The van der Waals surface area contributed by atoms with Gasteiger partial charge in [-0.3, -0.25) is 0 Å². The third kappa shape index (κ3) is 6.01. The fourth-order valence-corrected chi connectivity index (χ4v) is 0.585. The van der Waals surface area contributed by atoms with Crippen LogP contribution < -0.4 is 0 Å². The lowest BCUT2D eigenvalue weighted by Crippen LogP contribution is -2.32. The molecule has 3 heteroatoms. The topological polar surface area (TPSA) is 46.5 Å². The zero-order chi connectivity index (χ0) is 8.91. The Bertz CT molecular complexity index is 119. The van der Waals surface area contributed by atoms with Crippen molar-refractivity contribution in [1.82, 2.24) is 0 Å². The van der Waals surface area contributed by atoms with Crippen molar-refractivity contribution >= 4 is 6.29 Å². The van der Waals surface area contributed by atoms with E-state index in [2.05, 4.69) is 0 Å². The molecule has 0 aliphatic rings. The lowest BCUT2D eigenvalue weighted by molar-refractivity contribution is -0.115.